The van der Waals surface area contributed by atoms with E-state index in [0.29, 0.717) is 4.75 Å². The molecule has 0 aliphatic carbocycles. The topological polar surface area (TPSA) is 12.0 Å². The molecule has 0 aromatic rings. The molecule has 11 heavy (non-hydrogen) atoms. The predicted molar refractivity (Wildman–Crippen MR) is 51.1 cm³/mol. The third-order valence-corrected chi connectivity index (χ3v) is 4.69. The van der Waals surface area contributed by atoms with Crippen molar-refractivity contribution in [3.63, 3.8) is 0 Å². The maximum Gasteiger partial charge on any atom is 0.0285 e. The van der Waals surface area contributed by atoms with Gasteiger partial charge in [-0.25, -0.2) is 0 Å². The molecular formula is C9H17NS. The molecule has 1 N–H and O–H groups in total. The van der Waals surface area contributed by atoms with Gasteiger partial charge in [0, 0.05) is 10.8 Å². The minimum Gasteiger partial charge on any atom is -0.313 e. The van der Waals surface area contributed by atoms with Crippen molar-refractivity contribution in [3.05, 3.63) is 0 Å². The van der Waals surface area contributed by atoms with Crippen molar-refractivity contribution in [1.29, 1.82) is 0 Å². The van der Waals surface area contributed by atoms with Crippen molar-refractivity contribution < 1.29 is 0 Å². The van der Waals surface area contributed by atoms with Gasteiger partial charge in [-0.05, 0) is 44.9 Å². The molecule has 2 rings (SSSR count). The van der Waals surface area contributed by atoms with Gasteiger partial charge in [0.25, 0.3) is 0 Å². The van der Waals surface area contributed by atoms with E-state index in [1.165, 1.54) is 38.0 Å². The second-order valence-electron chi connectivity index (χ2n) is 3.91. The second kappa shape index (κ2) is 2.98. The first-order valence-corrected chi connectivity index (χ1v) is 5.67. The molecule has 1 nitrogen and oxygen atoms in total. The van der Waals surface area contributed by atoms with E-state index in [-0.39, 0.29) is 0 Å². The van der Waals surface area contributed by atoms with Gasteiger partial charge in [-0.3, -0.25) is 0 Å². The molecule has 2 unspecified atom stereocenters. The Bertz CT molecular complexity index is 134. The zero-order chi connectivity index (χ0) is 7.73. The van der Waals surface area contributed by atoms with Gasteiger partial charge in [0.1, 0.15) is 0 Å². The fourth-order valence-electron chi connectivity index (χ4n) is 2.28. The van der Waals surface area contributed by atoms with Crippen LogP contribution in [-0.2, 0) is 0 Å². The van der Waals surface area contributed by atoms with Crippen LogP contribution in [-0.4, -0.2) is 23.1 Å². The summed E-state index contributed by atoms with van der Waals surface area (Å²) in [6, 6.07) is 0.815. The van der Waals surface area contributed by atoms with Crippen LogP contribution in [0.5, 0.6) is 0 Å². The van der Waals surface area contributed by atoms with Crippen LogP contribution in [0.25, 0.3) is 0 Å². The molecule has 2 heterocycles. The van der Waals surface area contributed by atoms with E-state index in [4.69, 9.17) is 0 Å². The molecular weight excluding hydrogens is 154 g/mol. The molecule has 2 atom stereocenters. The zero-order valence-corrected chi connectivity index (χ0v) is 8.04. The Balaban J connectivity index is 2.00. The lowest BCUT2D eigenvalue weighted by Crippen LogP contribution is -2.40. The highest BCUT2D eigenvalue weighted by Crippen LogP contribution is 2.42. The van der Waals surface area contributed by atoms with Crippen molar-refractivity contribution in [1.82, 2.24) is 5.32 Å². The number of rotatable bonds is 1. The van der Waals surface area contributed by atoms with Crippen molar-refractivity contribution in [2.75, 3.05) is 12.3 Å². The van der Waals surface area contributed by atoms with Crippen molar-refractivity contribution in [3.8, 4) is 0 Å². The first-order chi connectivity index (χ1) is 5.31. The van der Waals surface area contributed by atoms with Crippen LogP contribution < -0.4 is 5.32 Å². The van der Waals surface area contributed by atoms with Gasteiger partial charge in [-0.1, -0.05) is 0 Å². The Hall–Kier alpha value is 0.310. The highest BCUT2D eigenvalue weighted by atomic mass is 32.2. The highest BCUT2D eigenvalue weighted by Gasteiger charge is 2.38. The van der Waals surface area contributed by atoms with Crippen LogP contribution >= 0.6 is 11.8 Å². The van der Waals surface area contributed by atoms with Gasteiger partial charge in [0.05, 0.1) is 0 Å². The third kappa shape index (κ3) is 1.43. The van der Waals surface area contributed by atoms with Crippen molar-refractivity contribution in [2.24, 2.45) is 0 Å². The maximum atomic E-state index is 3.62. The largest absolute Gasteiger partial charge is 0.313 e. The lowest BCUT2D eigenvalue weighted by Gasteiger charge is -2.30. The van der Waals surface area contributed by atoms with E-state index < -0.39 is 0 Å². The number of nitrogens with one attached hydrogen (secondary N) is 1. The summed E-state index contributed by atoms with van der Waals surface area (Å²) in [5, 5.41) is 3.62. The zero-order valence-electron chi connectivity index (χ0n) is 7.23. The molecule has 0 spiro atoms. The summed E-state index contributed by atoms with van der Waals surface area (Å²) < 4.78 is 0.580. The summed E-state index contributed by atoms with van der Waals surface area (Å²) in [4.78, 5) is 0. The third-order valence-electron chi connectivity index (χ3n) is 3.05. The molecule has 2 saturated heterocycles. The SMILES string of the molecule is CC1(C2CCCN2)CCCS1. The minimum atomic E-state index is 0.580. The summed E-state index contributed by atoms with van der Waals surface area (Å²) in [6.07, 6.45) is 5.65. The van der Waals surface area contributed by atoms with Crippen molar-refractivity contribution >= 4 is 11.8 Å². The second-order valence-corrected chi connectivity index (χ2v) is 5.54. The van der Waals surface area contributed by atoms with Gasteiger partial charge in [-0.2, -0.15) is 11.8 Å². The molecule has 2 aliphatic heterocycles. The fourth-order valence-corrected chi connectivity index (χ4v) is 3.73. The number of hydrogen-bond donors (Lipinski definition) is 1. The van der Waals surface area contributed by atoms with Crippen LogP contribution in [0.15, 0.2) is 0 Å². The van der Waals surface area contributed by atoms with Crippen LogP contribution in [0.1, 0.15) is 32.6 Å². The Morgan fingerprint density at radius 1 is 1.45 bits per heavy atom. The molecule has 0 saturated carbocycles. The van der Waals surface area contributed by atoms with E-state index in [1.807, 2.05) is 0 Å². The average Bonchev–Trinajstić information content (AvgIpc) is 2.55. The molecule has 0 radical (unpaired) electrons. The molecule has 2 aliphatic rings. The lowest BCUT2D eigenvalue weighted by molar-refractivity contribution is 0.449. The van der Waals surface area contributed by atoms with Crippen LogP contribution in [0.4, 0.5) is 0 Å². The first-order valence-electron chi connectivity index (χ1n) is 4.69. The number of hydrogen-bond acceptors (Lipinski definition) is 2. The molecule has 0 aromatic heterocycles. The van der Waals surface area contributed by atoms with E-state index in [1.54, 1.807) is 0 Å². The van der Waals surface area contributed by atoms with Gasteiger partial charge in [-0.15, -0.1) is 0 Å². The van der Waals surface area contributed by atoms with Crippen LogP contribution in [0.2, 0.25) is 0 Å². The van der Waals surface area contributed by atoms with Gasteiger partial charge < -0.3 is 5.32 Å². The lowest BCUT2D eigenvalue weighted by atomic mass is 9.95. The average molecular weight is 171 g/mol. The van der Waals surface area contributed by atoms with Crippen molar-refractivity contribution in [2.45, 2.75) is 43.4 Å². The Morgan fingerprint density at radius 2 is 2.36 bits per heavy atom. The maximum absolute atomic E-state index is 3.62. The van der Waals surface area contributed by atoms with Gasteiger partial charge in [0.15, 0.2) is 0 Å². The van der Waals surface area contributed by atoms with E-state index in [9.17, 15) is 0 Å². The van der Waals surface area contributed by atoms with Crippen LogP contribution in [0.3, 0.4) is 0 Å². The van der Waals surface area contributed by atoms with E-state index >= 15 is 0 Å². The monoisotopic (exact) mass is 171 g/mol. The molecule has 64 valence electrons. The minimum absolute atomic E-state index is 0.580. The normalized spacial score (nSPS) is 45.0. The summed E-state index contributed by atoms with van der Waals surface area (Å²) in [5.41, 5.74) is 0. The first kappa shape index (κ1) is 7.93. The predicted octanol–water partition coefficient (Wildman–Crippen LogP) is 2.02. The molecule has 2 fully saturated rings. The standard InChI is InChI=1S/C9H17NS/c1-9(5-3-7-11-9)8-4-2-6-10-8/h8,10H,2-7H2,1H3. The van der Waals surface area contributed by atoms with Gasteiger partial charge in [0.2, 0.25) is 0 Å². The molecule has 2 heteroatoms. The highest BCUT2D eigenvalue weighted by molar-refractivity contribution is 8.00. The quantitative estimate of drug-likeness (QED) is 0.648. The van der Waals surface area contributed by atoms with Crippen LogP contribution in [0, 0.1) is 0 Å². The van der Waals surface area contributed by atoms with E-state index in [2.05, 4.69) is 24.0 Å². The number of thioether (sulfide) groups is 1. The van der Waals surface area contributed by atoms with Gasteiger partial charge >= 0.3 is 0 Å². The summed E-state index contributed by atoms with van der Waals surface area (Å²) in [6.45, 7) is 3.69. The molecule has 0 aromatic carbocycles. The smallest absolute Gasteiger partial charge is 0.0285 e. The Labute approximate surface area is 73.3 Å². The fraction of sp³-hybridized carbons (Fsp3) is 1.00. The Kier molecular flexibility index (Phi) is 2.15. The summed E-state index contributed by atoms with van der Waals surface area (Å²) >= 11 is 2.18. The summed E-state index contributed by atoms with van der Waals surface area (Å²) in [5.74, 6) is 1.38. The Morgan fingerprint density at radius 3 is 2.91 bits per heavy atom. The summed E-state index contributed by atoms with van der Waals surface area (Å²) in [7, 11) is 0. The molecule has 0 bridgehead atoms. The van der Waals surface area contributed by atoms with E-state index in [0.717, 1.165) is 6.04 Å². The molecule has 0 amide bonds.